The van der Waals surface area contributed by atoms with Gasteiger partial charge in [-0.1, -0.05) is 0 Å². The van der Waals surface area contributed by atoms with Gasteiger partial charge in [-0.3, -0.25) is 4.79 Å². The van der Waals surface area contributed by atoms with E-state index in [0.29, 0.717) is 6.42 Å². The molecule has 3 heterocycles. The van der Waals surface area contributed by atoms with Crippen LogP contribution < -0.4 is 39.7 Å². The zero-order chi connectivity index (χ0) is 36.2. The Morgan fingerprint density at radius 3 is 2.02 bits per heavy atom. The van der Waals surface area contributed by atoms with Crippen molar-refractivity contribution in [2.24, 2.45) is 34.4 Å². The first-order chi connectivity index (χ1) is 23.3. The first-order valence-electron chi connectivity index (χ1n) is 16.5. The molecule has 4 aliphatic rings. The molecule has 20 N–H and O–H groups in total. The molecule has 0 aromatic heterocycles. The number of carbonyl (C=O) groups is 1. The van der Waals surface area contributed by atoms with Crippen molar-refractivity contribution in [2.45, 2.75) is 142 Å². The van der Waals surface area contributed by atoms with Gasteiger partial charge in [0.1, 0.15) is 61.0 Å². The van der Waals surface area contributed by atoms with Crippen LogP contribution in [0.3, 0.4) is 0 Å². The van der Waals surface area contributed by atoms with E-state index in [1.807, 2.05) is 0 Å². The highest BCUT2D eigenvalue weighted by atomic mass is 16.8. The molecular formula is C28H55N7O14. The predicted molar refractivity (Wildman–Crippen MR) is 165 cm³/mol. The monoisotopic (exact) mass is 713 g/mol. The molecule has 3 aliphatic heterocycles. The quantitative estimate of drug-likeness (QED) is 0.0794. The summed E-state index contributed by atoms with van der Waals surface area (Å²) >= 11 is 0. The maximum absolute atomic E-state index is 12.7. The van der Waals surface area contributed by atoms with E-state index < -0.39 is 129 Å². The van der Waals surface area contributed by atoms with Gasteiger partial charge in [0, 0.05) is 19.0 Å². The standard InChI is InChI=1S/C28H55N7O14/c29-3-1-9-5-13(38)16(33)26(44-9)47-22-10(32)6-11(35-25(43)12(37)2-4-30)18(39)24(22)49-28-21(42)23(15(8-36)46-28)48-27-17(34)20(41)19(40)14(7-31)45-27/h9-24,26-28,36-42H,1-8,29-34H2,(H,35,43)/t9-,10+,11-,12+,13-,14+,15-,16-,17-,18+,19-,20-,21-,22-,23-,24-,26-,27-,28+/m1/s1. The third-order valence-corrected chi connectivity index (χ3v) is 9.49. The van der Waals surface area contributed by atoms with Crippen LogP contribution in [0, 0.1) is 0 Å². The molecule has 1 amide bonds. The van der Waals surface area contributed by atoms with E-state index >= 15 is 0 Å². The molecule has 0 spiro atoms. The lowest BCUT2D eigenvalue weighted by Gasteiger charge is -2.47. The lowest BCUT2D eigenvalue weighted by molar-refractivity contribution is -0.296. The summed E-state index contributed by atoms with van der Waals surface area (Å²) < 4.78 is 35.5. The fraction of sp³-hybridized carbons (Fsp3) is 0.964. The SMILES string of the molecule is NCC[C@@H]1C[C@@H](O)[C@@H](N)[C@@H](O[C@H]2[C@H](O[C@@H]3O[C@H](CO)[C@@H](O[C@H]4O[C@@H](CN)[C@@H](O)[C@H](O)[C@H]4N)[C@H]3O)[C@@H](O)[C@H](NC(=O)[C@@H](O)CCN)C[C@@H]2N)O1. The molecule has 21 heteroatoms. The zero-order valence-corrected chi connectivity index (χ0v) is 27.1. The van der Waals surface area contributed by atoms with Crippen molar-refractivity contribution in [3.63, 3.8) is 0 Å². The molecule has 49 heavy (non-hydrogen) atoms. The summed E-state index contributed by atoms with van der Waals surface area (Å²) in [5, 5.41) is 76.9. The van der Waals surface area contributed by atoms with E-state index in [-0.39, 0.29) is 38.9 Å². The average Bonchev–Trinajstić information content (AvgIpc) is 3.36. The number of aliphatic hydroxyl groups is 7. The number of ether oxygens (including phenoxy) is 6. The van der Waals surface area contributed by atoms with E-state index in [2.05, 4.69) is 5.32 Å². The molecule has 19 atom stereocenters. The summed E-state index contributed by atoms with van der Waals surface area (Å²) in [6.07, 6.45) is -19.3. The summed E-state index contributed by atoms with van der Waals surface area (Å²) in [7, 11) is 0. The molecule has 3 saturated heterocycles. The molecule has 4 fully saturated rings. The van der Waals surface area contributed by atoms with Crippen LogP contribution in [-0.2, 0) is 33.2 Å². The van der Waals surface area contributed by atoms with E-state index in [0.717, 1.165) is 0 Å². The molecule has 1 saturated carbocycles. The molecule has 0 aromatic rings. The van der Waals surface area contributed by atoms with Gasteiger partial charge in [-0.2, -0.15) is 0 Å². The average molecular weight is 714 g/mol. The highest BCUT2D eigenvalue weighted by Crippen LogP contribution is 2.35. The van der Waals surface area contributed by atoms with Crippen molar-refractivity contribution < 1.29 is 69.0 Å². The number of amides is 1. The summed E-state index contributed by atoms with van der Waals surface area (Å²) in [4.78, 5) is 12.7. The van der Waals surface area contributed by atoms with E-state index in [4.69, 9.17) is 62.8 Å². The maximum Gasteiger partial charge on any atom is 0.249 e. The van der Waals surface area contributed by atoms with Gasteiger partial charge in [-0.05, 0) is 32.4 Å². The van der Waals surface area contributed by atoms with Crippen molar-refractivity contribution in [3.05, 3.63) is 0 Å². The first-order valence-corrected chi connectivity index (χ1v) is 16.5. The third kappa shape index (κ3) is 9.21. The summed E-state index contributed by atoms with van der Waals surface area (Å²) in [6, 6.07) is -4.39. The Morgan fingerprint density at radius 2 is 1.39 bits per heavy atom. The van der Waals surface area contributed by atoms with Gasteiger partial charge in [-0.15, -0.1) is 0 Å². The second kappa shape index (κ2) is 18.0. The Labute approximate surface area is 283 Å². The minimum atomic E-state index is -1.68. The van der Waals surface area contributed by atoms with Crippen LogP contribution in [0.25, 0.3) is 0 Å². The smallest absolute Gasteiger partial charge is 0.249 e. The van der Waals surface area contributed by atoms with Gasteiger partial charge in [0.2, 0.25) is 5.91 Å². The number of hydrogen-bond acceptors (Lipinski definition) is 20. The molecular weight excluding hydrogens is 658 g/mol. The number of nitrogens with one attached hydrogen (secondary N) is 1. The topological polar surface area (TPSA) is 382 Å². The number of aliphatic hydroxyl groups excluding tert-OH is 7. The Hall–Kier alpha value is -1.29. The van der Waals surface area contributed by atoms with Crippen molar-refractivity contribution in [2.75, 3.05) is 26.2 Å². The lowest BCUT2D eigenvalue weighted by Crippen LogP contribution is -2.67. The summed E-state index contributed by atoms with van der Waals surface area (Å²) in [5.74, 6) is -0.817. The van der Waals surface area contributed by atoms with Crippen LogP contribution in [0.2, 0.25) is 0 Å². The van der Waals surface area contributed by atoms with Crippen LogP contribution >= 0.6 is 0 Å². The van der Waals surface area contributed by atoms with Gasteiger partial charge in [0.15, 0.2) is 18.9 Å². The van der Waals surface area contributed by atoms with Crippen molar-refractivity contribution in [1.29, 1.82) is 0 Å². The van der Waals surface area contributed by atoms with Crippen LogP contribution in [0.5, 0.6) is 0 Å². The van der Waals surface area contributed by atoms with Crippen LogP contribution in [0.4, 0.5) is 0 Å². The Morgan fingerprint density at radius 1 is 0.755 bits per heavy atom. The Kier molecular flexibility index (Phi) is 14.8. The third-order valence-electron chi connectivity index (χ3n) is 9.49. The number of hydrogen-bond donors (Lipinski definition) is 14. The molecule has 21 nitrogen and oxygen atoms in total. The van der Waals surface area contributed by atoms with Crippen molar-refractivity contribution in [1.82, 2.24) is 5.32 Å². The highest BCUT2D eigenvalue weighted by Gasteiger charge is 2.54. The van der Waals surface area contributed by atoms with Gasteiger partial charge in [0.05, 0.1) is 36.9 Å². The van der Waals surface area contributed by atoms with Gasteiger partial charge < -0.3 is 104 Å². The van der Waals surface area contributed by atoms with Crippen LogP contribution in [0.15, 0.2) is 0 Å². The Balaban J connectivity index is 1.56. The lowest BCUT2D eigenvalue weighted by atomic mass is 9.83. The summed E-state index contributed by atoms with van der Waals surface area (Å²) in [5.41, 5.74) is 35.5. The minimum absolute atomic E-state index is 0.0248. The van der Waals surface area contributed by atoms with Gasteiger partial charge in [-0.25, -0.2) is 0 Å². The zero-order valence-electron chi connectivity index (χ0n) is 27.1. The highest BCUT2D eigenvalue weighted by molar-refractivity contribution is 5.80. The number of nitrogens with two attached hydrogens (primary N) is 6. The van der Waals surface area contributed by atoms with E-state index in [9.17, 15) is 40.5 Å². The molecule has 0 bridgehead atoms. The number of carbonyl (C=O) groups excluding carboxylic acids is 1. The molecule has 0 aromatic carbocycles. The fourth-order valence-electron chi connectivity index (χ4n) is 6.59. The van der Waals surface area contributed by atoms with Gasteiger partial charge >= 0.3 is 0 Å². The van der Waals surface area contributed by atoms with Crippen molar-refractivity contribution in [3.8, 4) is 0 Å². The molecule has 286 valence electrons. The molecule has 0 radical (unpaired) electrons. The number of rotatable bonds is 14. The van der Waals surface area contributed by atoms with Crippen LogP contribution in [-0.4, -0.2) is 184 Å². The van der Waals surface area contributed by atoms with Crippen LogP contribution in [0.1, 0.15) is 25.7 Å². The molecule has 1 aliphatic carbocycles. The fourth-order valence-corrected chi connectivity index (χ4v) is 6.59. The maximum atomic E-state index is 12.7. The Bertz CT molecular complexity index is 1040. The van der Waals surface area contributed by atoms with Gasteiger partial charge in [0.25, 0.3) is 0 Å². The first kappa shape index (κ1) is 40.5. The molecule has 0 unspecified atom stereocenters. The van der Waals surface area contributed by atoms with E-state index in [1.54, 1.807) is 0 Å². The largest absolute Gasteiger partial charge is 0.394 e. The predicted octanol–water partition coefficient (Wildman–Crippen LogP) is -8.61. The van der Waals surface area contributed by atoms with E-state index in [1.165, 1.54) is 0 Å². The molecule has 4 rings (SSSR count). The second-order valence-electron chi connectivity index (χ2n) is 13.0. The van der Waals surface area contributed by atoms with Crippen molar-refractivity contribution >= 4 is 5.91 Å². The second-order valence-corrected chi connectivity index (χ2v) is 13.0. The normalized spacial score (nSPS) is 46.8. The summed E-state index contributed by atoms with van der Waals surface area (Å²) in [6.45, 7) is -0.592. The minimum Gasteiger partial charge on any atom is -0.394 e.